The zero-order valence-corrected chi connectivity index (χ0v) is 22.6. The number of nitrogens with zero attached hydrogens (tertiary/aromatic N) is 8. The summed E-state index contributed by atoms with van der Waals surface area (Å²) in [6.07, 6.45) is 2.72. The molecule has 2 N–H and O–H groups in total. The van der Waals surface area contributed by atoms with Crippen LogP contribution in [0.4, 0.5) is 11.8 Å². The number of alkyl halides is 1. The Labute approximate surface area is 226 Å². The van der Waals surface area contributed by atoms with E-state index in [0.717, 1.165) is 45.9 Å². The second-order valence-corrected chi connectivity index (χ2v) is 9.39. The fraction of sp³-hybridized carbons (Fsp3) is 0.333. The molecule has 4 aromatic rings. The Morgan fingerprint density at radius 3 is 2.49 bits per heavy atom. The van der Waals surface area contributed by atoms with Crippen LogP contribution in [0.5, 0.6) is 0 Å². The highest BCUT2D eigenvalue weighted by Crippen LogP contribution is 2.29. The van der Waals surface area contributed by atoms with Gasteiger partial charge in [0.2, 0.25) is 5.95 Å². The fourth-order valence-electron chi connectivity index (χ4n) is 4.08. The quantitative estimate of drug-likeness (QED) is 0.138. The number of hydroxylamine groups is 1. The Morgan fingerprint density at radius 1 is 1.14 bits per heavy atom. The topological polar surface area (TPSA) is 134 Å². The summed E-state index contributed by atoms with van der Waals surface area (Å²) in [5, 5.41) is 8.80. The highest BCUT2D eigenvalue weighted by atomic mass is 127. The molecule has 1 aromatic carbocycles. The lowest BCUT2D eigenvalue weighted by Gasteiger charge is -2.28. The second-order valence-electron chi connectivity index (χ2n) is 8.63. The molecule has 1 saturated heterocycles. The Kier molecular flexibility index (Phi) is 7.43. The van der Waals surface area contributed by atoms with Crippen molar-refractivity contribution in [1.82, 2.24) is 35.0 Å². The van der Waals surface area contributed by atoms with Crippen LogP contribution in [0.25, 0.3) is 22.6 Å². The maximum Gasteiger partial charge on any atom is 0.277 e. The lowest BCUT2D eigenvalue weighted by atomic mass is 10.1. The summed E-state index contributed by atoms with van der Waals surface area (Å²) in [5.41, 5.74) is 5.40. The number of imidazole rings is 1. The normalized spacial score (nSPS) is 13.7. The number of nitrogens with one attached hydrogen (secondary N) is 1. The Balaban J connectivity index is 1.52. The summed E-state index contributed by atoms with van der Waals surface area (Å²) in [6.45, 7) is 3.13. The molecule has 0 spiro atoms. The van der Waals surface area contributed by atoms with Gasteiger partial charge in [-0.15, -0.1) is 0 Å². The molecule has 37 heavy (non-hydrogen) atoms. The number of benzene rings is 1. The van der Waals surface area contributed by atoms with Gasteiger partial charge in [0.15, 0.2) is 22.8 Å². The van der Waals surface area contributed by atoms with Crippen molar-refractivity contribution >= 4 is 51.4 Å². The van der Waals surface area contributed by atoms with Crippen molar-refractivity contribution in [2.45, 2.75) is 11.0 Å². The number of ether oxygens (including phenoxy) is 1. The molecule has 0 bridgehead atoms. The van der Waals surface area contributed by atoms with Crippen molar-refractivity contribution in [3.05, 3.63) is 53.6 Å². The minimum absolute atomic E-state index is 0.159. The summed E-state index contributed by atoms with van der Waals surface area (Å²) >= 11 is 2.35. The number of halogens is 1. The van der Waals surface area contributed by atoms with Gasteiger partial charge in [-0.1, -0.05) is 46.9 Å². The molecule has 0 radical (unpaired) electrons. The summed E-state index contributed by atoms with van der Waals surface area (Å²) in [7, 11) is 3.78. The van der Waals surface area contributed by atoms with Crippen LogP contribution < -0.4 is 15.3 Å². The van der Waals surface area contributed by atoms with Crippen molar-refractivity contribution < 1.29 is 14.7 Å². The van der Waals surface area contributed by atoms with Crippen LogP contribution in [0.15, 0.2) is 36.7 Å². The number of fused-ring (bicyclic) bond motifs is 1. The Bertz CT molecular complexity index is 1400. The van der Waals surface area contributed by atoms with Crippen molar-refractivity contribution in [3.63, 3.8) is 0 Å². The number of aromatic nitrogens is 6. The van der Waals surface area contributed by atoms with E-state index in [9.17, 15) is 4.79 Å². The van der Waals surface area contributed by atoms with E-state index in [0.29, 0.717) is 31.5 Å². The van der Waals surface area contributed by atoms with Gasteiger partial charge in [-0.05, 0) is 5.56 Å². The van der Waals surface area contributed by atoms with Crippen molar-refractivity contribution in [2.75, 3.05) is 43.2 Å². The highest BCUT2D eigenvalue weighted by Gasteiger charge is 2.23. The molecule has 1 aliphatic rings. The molecule has 12 nitrogen and oxygen atoms in total. The smallest absolute Gasteiger partial charge is 0.277 e. The van der Waals surface area contributed by atoms with Gasteiger partial charge < -0.3 is 19.1 Å². The highest BCUT2D eigenvalue weighted by molar-refractivity contribution is 14.1. The first kappa shape index (κ1) is 25.2. The molecule has 1 amide bonds. The second kappa shape index (κ2) is 10.9. The lowest BCUT2D eigenvalue weighted by Crippen LogP contribution is -2.37. The number of hydrogen-bond donors (Lipinski definition) is 2. The standard InChI is InChI=1S/C24H26IN9O3/c1-32(24-26-12-17(13-27-24)23(35)31-36)14-18-28-19-21(33(18)2)29-20(16-5-3-15(11-25)4-6-16)30-22(19)34-7-9-37-10-8-34/h3-6,12-13,36H,7-11,14H2,1-2H3,(H,31,35). The molecule has 1 aliphatic heterocycles. The van der Waals surface area contributed by atoms with Gasteiger partial charge >= 0.3 is 0 Å². The van der Waals surface area contributed by atoms with Gasteiger partial charge in [0, 0.05) is 49.6 Å². The van der Waals surface area contributed by atoms with Crippen LogP contribution in [0.2, 0.25) is 0 Å². The van der Waals surface area contributed by atoms with Gasteiger partial charge in [0.25, 0.3) is 5.91 Å². The van der Waals surface area contributed by atoms with E-state index in [1.807, 2.05) is 23.6 Å². The summed E-state index contributed by atoms with van der Waals surface area (Å²) in [5.74, 6) is 1.95. The van der Waals surface area contributed by atoms with Crippen LogP contribution in [0.3, 0.4) is 0 Å². The molecule has 4 heterocycles. The van der Waals surface area contributed by atoms with Crippen molar-refractivity contribution in [2.24, 2.45) is 7.05 Å². The van der Waals surface area contributed by atoms with Crippen molar-refractivity contribution in [1.29, 1.82) is 0 Å². The van der Waals surface area contributed by atoms with Gasteiger partial charge in [-0.25, -0.2) is 30.4 Å². The Morgan fingerprint density at radius 2 is 1.84 bits per heavy atom. The monoisotopic (exact) mass is 615 g/mol. The van der Waals surface area contributed by atoms with Gasteiger partial charge in [0.05, 0.1) is 25.3 Å². The zero-order valence-electron chi connectivity index (χ0n) is 20.4. The van der Waals surface area contributed by atoms with Crippen LogP contribution in [-0.2, 0) is 22.8 Å². The van der Waals surface area contributed by atoms with Crippen LogP contribution in [0, 0.1) is 0 Å². The zero-order chi connectivity index (χ0) is 25.9. The third kappa shape index (κ3) is 5.19. The molecule has 192 valence electrons. The summed E-state index contributed by atoms with van der Waals surface area (Å²) < 4.78 is 8.47. The van der Waals surface area contributed by atoms with Crippen LogP contribution in [0.1, 0.15) is 21.7 Å². The number of morpholine rings is 1. The van der Waals surface area contributed by atoms with E-state index >= 15 is 0 Å². The van der Waals surface area contributed by atoms with E-state index < -0.39 is 5.91 Å². The molecule has 5 rings (SSSR count). The van der Waals surface area contributed by atoms with E-state index in [4.69, 9.17) is 24.9 Å². The van der Waals surface area contributed by atoms with Gasteiger partial charge in [-0.2, -0.15) is 0 Å². The largest absolute Gasteiger partial charge is 0.378 e. The number of anilines is 2. The first-order chi connectivity index (χ1) is 18.0. The first-order valence-electron chi connectivity index (χ1n) is 11.7. The number of aryl methyl sites for hydroxylation is 1. The molecule has 1 fully saturated rings. The molecular formula is C24H26IN9O3. The molecule has 13 heteroatoms. The predicted octanol–water partition coefficient (Wildman–Crippen LogP) is 2.35. The lowest BCUT2D eigenvalue weighted by molar-refractivity contribution is 0.0705. The van der Waals surface area contributed by atoms with Crippen molar-refractivity contribution in [3.8, 4) is 11.4 Å². The average Bonchev–Trinajstić information content (AvgIpc) is 3.27. The molecule has 0 saturated carbocycles. The van der Waals surface area contributed by atoms with E-state index in [1.54, 1.807) is 5.48 Å². The molecular weight excluding hydrogens is 589 g/mol. The summed E-state index contributed by atoms with van der Waals surface area (Å²) in [6, 6.07) is 8.31. The number of carbonyl (C=O) groups excluding carboxylic acids is 1. The minimum atomic E-state index is -0.668. The molecule has 3 aromatic heterocycles. The first-order valence-corrected chi connectivity index (χ1v) is 13.2. The molecule has 0 atom stereocenters. The number of rotatable bonds is 7. The maximum absolute atomic E-state index is 11.6. The number of carbonyl (C=O) groups is 1. The molecule has 0 unspecified atom stereocenters. The molecule has 0 aliphatic carbocycles. The third-order valence-electron chi connectivity index (χ3n) is 6.19. The van der Waals surface area contributed by atoms with Crippen LogP contribution in [-0.4, -0.2) is 74.0 Å². The SMILES string of the molecule is CN(Cc1nc2c(N3CCOCC3)nc(-c3ccc(CI)cc3)nc2n1C)c1ncc(C(=O)NO)cn1. The van der Waals surface area contributed by atoms with Crippen LogP contribution >= 0.6 is 22.6 Å². The average molecular weight is 615 g/mol. The third-order valence-corrected chi connectivity index (χ3v) is 7.07. The van der Waals surface area contributed by atoms with Gasteiger partial charge in [0.1, 0.15) is 5.82 Å². The fourth-order valence-corrected chi connectivity index (χ4v) is 4.59. The van der Waals surface area contributed by atoms with Gasteiger partial charge in [-0.3, -0.25) is 10.0 Å². The number of hydrogen-bond acceptors (Lipinski definition) is 10. The predicted molar refractivity (Wildman–Crippen MR) is 146 cm³/mol. The minimum Gasteiger partial charge on any atom is -0.378 e. The Hall–Kier alpha value is -3.43. The maximum atomic E-state index is 11.6. The van der Waals surface area contributed by atoms with E-state index in [-0.39, 0.29) is 5.56 Å². The van der Waals surface area contributed by atoms with E-state index in [1.165, 1.54) is 18.0 Å². The van der Waals surface area contributed by atoms with E-state index in [2.05, 4.69) is 61.7 Å². The number of amides is 1. The summed E-state index contributed by atoms with van der Waals surface area (Å²) in [4.78, 5) is 38.9.